The predicted molar refractivity (Wildman–Crippen MR) is 99.2 cm³/mol. The molecule has 27 heavy (non-hydrogen) atoms. The highest BCUT2D eigenvalue weighted by atomic mass is 32.2. The first-order valence-corrected chi connectivity index (χ1v) is 10.4. The zero-order valence-electron chi connectivity index (χ0n) is 15.1. The van der Waals surface area contributed by atoms with E-state index < -0.39 is 29.3 Å². The number of nitrogens with zero attached hydrogens (tertiary/aromatic N) is 1. The van der Waals surface area contributed by atoms with Crippen LogP contribution in [0.3, 0.4) is 0 Å². The number of carbonyl (C=O) groups excluding carboxylic acids is 5. The Bertz CT molecular complexity index is 671. The summed E-state index contributed by atoms with van der Waals surface area (Å²) in [5.41, 5.74) is -1.43. The minimum absolute atomic E-state index is 0.0665. The Labute approximate surface area is 164 Å². The summed E-state index contributed by atoms with van der Waals surface area (Å²) < 4.78 is 0. The molecule has 0 radical (unpaired) electrons. The van der Waals surface area contributed by atoms with E-state index in [4.69, 9.17) is 0 Å². The molecule has 0 bridgehead atoms. The van der Waals surface area contributed by atoms with Crippen LogP contribution >= 0.6 is 23.5 Å². The molecule has 1 N–H and O–H groups in total. The van der Waals surface area contributed by atoms with Crippen LogP contribution in [-0.4, -0.2) is 67.8 Å². The second-order valence-electron chi connectivity index (χ2n) is 6.75. The van der Waals surface area contributed by atoms with Crippen molar-refractivity contribution in [2.24, 2.45) is 11.3 Å². The second-order valence-corrected chi connectivity index (χ2v) is 9.15. The van der Waals surface area contributed by atoms with E-state index in [0.29, 0.717) is 0 Å². The van der Waals surface area contributed by atoms with Crippen LogP contribution in [0.15, 0.2) is 0 Å². The Hall–Kier alpha value is -1.68. The molecule has 1 saturated heterocycles. The number of carboxylic acid groups (broad SMARTS) is 1. The smallest absolute Gasteiger partial charge is 0.326 e. The van der Waals surface area contributed by atoms with E-state index in [1.165, 1.54) is 13.8 Å². The zero-order chi connectivity index (χ0) is 20.4. The molecule has 2 fully saturated rings. The topological polar surface area (TPSA) is 126 Å². The summed E-state index contributed by atoms with van der Waals surface area (Å²) in [5.74, 6) is -3.02. The maximum atomic E-state index is 13.0. The molecule has 1 amide bonds. The number of Topliss-reactive ketones (excluding diaryl/α,β-unsaturated/α-hetero) is 2. The number of rotatable bonds is 6. The molecule has 1 aliphatic carbocycles. The fourth-order valence-electron chi connectivity index (χ4n) is 3.48. The number of aliphatic carboxylic acids is 1. The van der Waals surface area contributed by atoms with Gasteiger partial charge in [0.2, 0.25) is 5.91 Å². The summed E-state index contributed by atoms with van der Waals surface area (Å²) in [6.07, 6.45) is -0.0772. The number of thioether (sulfide) groups is 2. The van der Waals surface area contributed by atoms with Gasteiger partial charge < -0.3 is 10.0 Å². The van der Waals surface area contributed by atoms with E-state index in [-0.39, 0.29) is 59.1 Å². The van der Waals surface area contributed by atoms with E-state index >= 15 is 0 Å². The molecule has 0 unspecified atom stereocenters. The number of ketones is 2. The third-order valence-corrected chi connectivity index (χ3v) is 6.85. The maximum absolute atomic E-state index is 13.0. The molecule has 1 saturated carbocycles. The van der Waals surface area contributed by atoms with Crippen LogP contribution in [0.2, 0.25) is 0 Å². The van der Waals surface area contributed by atoms with Crippen LogP contribution in [-0.2, 0) is 28.8 Å². The summed E-state index contributed by atoms with van der Waals surface area (Å²) in [7, 11) is 0. The molecule has 148 valence electrons. The molecule has 0 aromatic carbocycles. The van der Waals surface area contributed by atoms with Crippen LogP contribution in [0, 0.1) is 11.3 Å². The number of amides is 1. The van der Waals surface area contributed by atoms with Crippen molar-refractivity contribution < 1.29 is 33.9 Å². The normalized spacial score (nSPS) is 21.3. The van der Waals surface area contributed by atoms with Crippen molar-refractivity contribution in [3.05, 3.63) is 0 Å². The first kappa shape index (κ1) is 21.6. The van der Waals surface area contributed by atoms with Crippen LogP contribution in [0.4, 0.5) is 0 Å². The van der Waals surface area contributed by atoms with Gasteiger partial charge in [0.05, 0.1) is 5.92 Å². The lowest BCUT2D eigenvalue weighted by Gasteiger charge is -2.27. The molecule has 1 aliphatic heterocycles. The fraction of sp³-hybridized carbons (Fsp3) is 0.647. The lowest BCUT2D eigenvalue weighted by molar-refractivity contribution is -0.149. The summed E-state index contributed by atoms with van der Waals surface area (Å²) in [4.78, 5) is 72.9. The standard InChI is InChI=1S/C17H21NO7S2/c1-9(19)26-6-11(7-27-10(2)20)15(23)18-8-17(5-12(18)16(24)25)13(21)3-4-14(17)22/h11-12H,3-8H2,1-2H3,(H,24,25)/t12-/m0/s1. The van der Waals surface area contributed by atoms with Gasteiger partial charge in [0.1, 0.15) is 23.0 Å². The Kier molecular flexibility index (Phi) is 6.85. The molecule has 0 aromatic rings. The average molecular weight is 415 g/mol. The van der Waals surface area contributed by atoms with E-state index in [1.54, 1.807) is 0 Å². The third-order valence-electron chi connectivity index (χ3n) is 4.90. The summed E-state index contributed by atoms with van der Waals surface area (Å²) in [6.45, 7) is 2.46. The predicted octanol–water partition coefficient (Wildman–Crippen LogP) is 0.766. The Morgan fingerprint density at radius 2 is 1.56 bits per heavy atom. The number of carbonyl (C=O) groups is 6. The third kappa shape index (κ3) is 4.60. The van der Waals surface area contributed by atoms with Crippen molar-refractivity contribution in [1.82, 2.24) is 4.90 Å². The van der Waals surface area contributed by atoms with E-state index in [1.807, 2.05) is 0 Å². The minimum Gasteiger partial charge on any atom is -0.480 e. The van der Waals surface area contributed by atoms with Gasteiger partial charge in [-0.25, -0.2) is 4.79 Å². The van der Waals surface area contributed by atoms with Gasteiger partial charge in [0.25, 0.3) is 0 Å². The van der Waals surface area contributed by atoms with Gasteiger partial charge in [0, 0.05) is 44.7 Å². The summed E-state index contributed by atoms with van der Waals surface area (Å²) in [6, 6.07) is -1.27. The van der Waals surface area contributed by atoms with Gasteiger partial charge >= 0.3 is 5.97 Å². The molecule has 1 spiro atoms. The van der Waals surface area contributed by atoms with Crippen molar-refractivity contribution in [3.8, 4) is 0 Å². The van der Waals surface area contributed by atoms with Crippen LogP contribution < -0.4 is 0 Å². The Balaban J connectivity index is 2.26. The molecule has 10 heteroatoms. The van der Waals surface area contributed by atoms with Crippen molar-refractivity contribution in [2.75, 3.05) is 18.1 Å². The molecular formula is C17H21NO7S2. The summed E-state index contributed by atoms with van der Waals surface area (Å²) in [5, 5.41) is 9.13. The van der Waals surface area contributed by atoms with E-state index in [0.717, 1.165) is 28.4 Å². The Morgan fingerprint density at radius 3 is 1.96 bits per heavy atom. The number of hydrogen-bond acceptors (Lipinski definition) is 8. The zero-order valence-corrected chi connectivity index (χ0v) is 16.7. The van der Waals surface area contributed by atoms with E-state index in [9.17, 15) is 33.9 Å². The van der Waals surface area contributed by atoms with Gasteiger partial charge in [-0.05, 0) is 6.42 Å². The highest BCUT2D eigenvalue weighted by Gasteiger charge is 2.59. The largest absolute Gasteiger partial charge is 0.480 e. The van der Waals surface area contributed by atoms with Gasteiger partial charge in [0.15, 0.2) is 10.2 Å². The highest BCUT2D eigenvalue weighted by molar-refractivity contribution is 8.14. The number of carboxylic acids is 1. The molecule has 2 aliphatic rings. The first-order valence-electron chi connectivity index (χ1n) is 8.45. The lowest BCUT2D eigenvalue weighted by Crippen LogP contribution is -2.45. The quantitative estimate of drug-likeness (QED) is 0.626. The van der Waals surface area contributed by atoms with Gasteiger partial charge in [-0.1, -0.05) is 23.5 Å². The van der Waals surface area contributed by atoms with Crippen molar-refractivity contribution in [1.29, 1.82) is 0 Å². The van der Waals surface area contributed by atoms with Crippen LogP contribution in [0.5, 0.6) is 0 Å². The van der Waals surface area contributed by atoms with Crippen molar-refractivity contribution in [2.45, 2.75) is 39.2 Å². The Morgan fingerprint density at radius 1 is 1.07 bits per heavy atom. The molecule has 1 heterocycles. The lowest BCUT2D eigenvalue weighted by atomic mass is 9.82. The molecule has 2 rings (SSSR count). The number of hydrogen-bond donors (Lipinski definition) is 1. The minimum atomic E-state index is -1.43. The maximum Gasteiger partial charge on any atom is 0.326 e. The molecule has 1 atom stereocenters. The van der Waals surface area contributed by atoms with Crippen LogP contribution in [0.1, 0.15) is 33.1 Å². The number of likely N-dealkylation sites (tertiary alicyclic amines) is 1. The van der Waals surface area contributed by atoms with Crippen molar-refractivity contribution >= 4 is 57.2 Å². The highest BCUT2D eigenvalue weighted by Crippen LogP contribution is 2.43. The fourth-order valence-corrected chi connectivity index (χ4v) is 5.03. The molecule has 0 aromatic heterocycles. The van der Waals surface area contributed by atoms with E-state index in [2.05, 4.69) is 0 Å². The molecular weight excluding hydrogens is 394 g/mol. The SMILES string of the molecule is CC(=O)SCC(CSC(C)=O)C(=O)N1CC2(C[C@H]1C(=O)O)C(=O)CCC2=O. The van der Waals surface area contributed by atoms with Gasteiger partial charge in [-0.2, -0.15) is 0 Å². The average Bonchev–Trinajstić information content (AvgIpc) is 3.11. The molecule has 8 nitrogen and oxygen atoms in total. The van der Waals surface area contributed by atoms with Gasteiger partial charge in [-0.15, -0.1) is 0 Å². The monoisotopic (exact) mass is 415 g/mol. The first-order chi connectivity index (χ1) is 12.6. The van der Waals surface area contributed by atoms with Gasteiger partial charge in [-0.3, -0.25) is 24.0 Å². The second kappa shape index (κ2) is 8.55. The van der Waals surface area contributed by atoms with Crippen LogP contribution in [0.25, 0.3) is 0 Å². The van der Waals surface area contributed by atoms with Crippen molar-refractivity contribution in [3.63, 3.8) is 0 Å². The summed E-state index contributed by atoms with van der Waals surface area (Å²) >= 11 is 1.84.